The van der Waals surface area contributed by atoms with E-state index < -0.39 is 5.38 Å². The number of alkyl halides is 1. The van der Waals surface area contributed by atoms with Crippen LogP contribution >= 0.6 is 34.8 Å². The van der Waals surface area contributed by atoms with Gasteiger partial charge in [-0.1, -0.05) is 23.2 Å². The fraction of sp³-hybridized carbons (Fsp3) is 0.400. The van der Waals surface area contributed by atoms with E-state index in [-0.39, 0.29) is 10.3 Å². The highest BCUT2D eigenvalue weighted by Crippen LogP contribution is 2.08. The van der Waals surface area contributed by atoms with Crippen LogP contribution in [-0.2, 0) is 4.79 Å². The van der Waals surface area contributed by atoms with Crippen LogP contribution in [0.25, 0.3) is 0 Å². The van der Waals surface area contributed by atoms with Gasteiger partial charge < -0.3 is 0 Å². The maximum atomic E-state index is 10.6. The molecule has 0 radical (unpaired) electrons. The minimum Gasteiger partial charge on any atom is -0.293 e. The van der Waals surface area contributed by atoms with Gasteiger partial charge in [-0.15, -0.1) is 11.6 Å². The van der Waals surface area contributed by atoms with Gasteiger partial charge in [0.25, 0.3) is 0 Å². The third-order valence-electron chi connectivity index (χ3n) is 0.643. The van der Waals surface area contributed by atoms with Gasteiger partial charge in [0, 0.05) is 6.08 Å². The van der Waals surface area contributed by atoms with Gasteiger partial charge in [0.05, 0.1) is 5.38 Å². The predicted octanol–water partition coefficient (Wildman–Crippen LogP) is 2.50. The quantitative estimate of drug-likeness (QED) is 0.479. The van der Waals surface area contributed by atoms with Gasteiger partial charge in [-0.25, -0.2) is 0 Å². The molecule has 0 saturated heterocycles. The predicted molar refractivity (Wildman–Crippen MR) is 40.1 cm³/mol. The summed E-state index contributed by atoms with van der Waals surface area (Å²) in [6.07, 6.45) is 1.08. The van der Waals surface area contributed by atoms with Crippen LogP contribution in [0, 0.1) is 0 Å². The largest absolute Gasteiger partial charge is 0.293 e. The summed E-state index contributed by atoms with van der Waals surface area (Å²) in [7, 11) is 0. The van der Waals surface area contributed by atoms with E-state index in [2.05, 4.69) is 0 Å². The average molecular weight is 187 g/mol. The van der Waals surface area contributed by atoms with Crippen LogP contribution in [0.15, 0.2) is 10.6 Å². The van der Waals surface area contributed by atoms with Crippen molar-refractivity contribution in [2.75, 3.05) is 0 Å². The van der Waals surface area contributed by atoms with Crippen molar-refractivity contribution in [2.24, 2.45) is 0 Å². The second-order valence-corrected chi connectivity index (χ2v) is 3.11. The summed E-state index contributed by atoms with van der Waals surface area (Å²) >= 11 is 15.7. The maximum Gasteiger partial charge on any atom is 0.175 e. The van der Waals surface area contributed by atoms with Gasteiger partial charge in [-0.2, -0.15) is 0 Å². The molecule has 0 aromatic rings. The standard InChI is InChI=1S/C5H5Cl3O/c1-3(6)4(9)2-5(7)8/h2-3H,1H3. The molecular weight excluding hydrogens is 182 g/mol. The molecule has 0 amide bonds. The minimum absolute atomic E-state index is 0.0625. The van der Waals surface area contributed by atoms with Crippen molar-refractivity contribution < 1.29 is 4.79 Å². The lowest BCUT2D eigenvalue weighted by atomic mass is 10.3. The van der Waals surface area contributed by atoms with Crippen LogP contribution in [0.3, 0.4) is 0 Å². The first-order valence-corrected chi connectivity index (χ1v) is 3.44. The van der Waals surface area contributed by atoms with Crippen molar-refractivity contribution in [1.82, 2.24) is 0 Å². The number of halogens is 3. The molecule has 52 valence electrons. The molecule has 4 heteroatoms. The smallest absolute Gasteiger partial charge is 0.175 e. The van der Waals surface area contributed by atoms with Crippen LogP contribution in [0.5, 0.6) is 0 Å². The van der Waals surface area contributed by atoms with Gasteiger partial charge in [0.15, 0.2) is 5.78 Å². The van der Waals surface area contributed by atoms with Crippen LogP contribution < -0.4 is 0 Å². The number of carbonyl (C=O) groups excluding carboxylic acids is 1. The number of allylic oxidation sites excluding steroid dienone is 1. The highest BCUT2D eigenvalue weighted by atomic mass is 35.5. The summed E-state index contributed by atoms with van der Waals surface area (Å²) < 4.78 is -0.0625. The molecule has 0 aliphatic heterocycles. The van der Waals surface area contributed by atoms with Gasteiger partial charge in [-0.3, -0.25) is 4.79 Å². The minimum atomic E-state index is -0.558. The summed E-state index contributed by atoms with van der Waals surface area (Å²) in [6, 6.07) is 0. The third-order valence-corrected chi connectivity index (χ3v) is 1.08. The van der Waals surface area contributed by atoms with Crippen molar-refractivity contribution in [2.45, 2.75) is 12.3 Å². The number of hydrogen-bond donors (Lipinski definition) is 0. The average Bonchev–Trinajstić information content (AvgIpc) is 1.63. The van der Waals surface area contributed by atoms with E-state index in [4.69, 9.17) is 34.8 Å². The second kappa shape index (κ2) is 4.15. The summed E-state index contributed by atoms with van der Waals surface area (Å²) in [5.41, 5.74) is 0. The van der Waals surface area contributed by atoms with Gasteiger partial charge >= 0.3 is 0 Å². The first-order valence-electron chi connectivity index (χ1n) is 2.24. The Bertz CT molecular complexity index is 135. The van der Waals surface area contributed by atoms with Crippen LogP contribution in [0.1, 0.15) is 6.92 Å². The Balaban J connectivity index is 3.93. The third kappa shape index (κ3) is 4.76. The molecule has 0 heterocycles. The Labute approximate surface area is 68.6 Å². The topological polar surface area (TPSA) is 17.1 Å². The van der Waals surface area contributed by atoms with E-state index >= 15 is 0 Å². The fourth-order valence-electron chi connectivity index (χ4n) is 0.222. The monoisotopic (exact) mass is 186 g/mol. The Morgan fingerprint density at radius 1 is 1.56 bits per heavy atom. The molecule has 0 N–H and O–H groups in total. The van der Waals surface area contributed by atoms with Crippen molar-refractivity contribution in [1.29, 1.82) is 0 Å². The van der Waals surface area contributed by atoms with Crippen molar-refractivity contribution >= 4 is 40.6 Å². The van der Waals surface area contributed by atoms with Crippen molar-refractivity contribution in [3.63, 3.8) is 0 Å². The van der Waals surface area contributed by atoms with Gasteiger partial charge in [0.1, 0.15) is 4.49 Å². The van der Waals surface area contributed by atoms with Crippen molar-refractivity contribution in [3.05, 3.63) is 10.6 Å². The fourth-order valence-corrected chi connectivity index (χ4v) is 0.500. The molecule has 0 rings (SSSR count). The Hall–Kier alpha value is 0.280. The lowest BCUT2D eigenvalue weighted by Crippen LogP contribution is -2.05. The van der Waals surface area contributed by atoms with Gasteiger partial charge in [0.2, 0.25) is 0 Å². The first-order chi connectivity index (χ1) is 4.04. The zero-order valence-corrected chi connectivity index (χ0v) is 6.96. The highest BCUT2D eigenvalue weighted by Gasteiger charge is 2.05. The molecule has 0 bridgehead atoms. The molecule has 0 aromatic carbocycles. The van der Waals surface area contributed by atoms with Crippen LogP contribution in [0.4, 0.5) is 0 Å². The normalized spacial score (nSPS) is 12.4. The molecule has 1 nitrogen and oxygen atoms in total. The Morgan fingerprint density at radius 3 is 2.11 bits per heavy atom. The summed E-state index contributed by atoms with van der Waals surface area (Å²) in [6.45, 7) is 1.55. The second-order valence-electron chi connectivity index (χ2n) is 1.45. The molecule has 0 spiro atoms. The zero-order chi connectivity index (χ0) is 7.44. The van der Waals surface area contributed by atoms with E-state index in [9.17, 15) is 4.79 Å². The summed E-state index contributed by atoms with van der Waals surface area (Å²) in [5, 5.41) is -0.558. The Kier molecular flexibility index (Phi) is 4.28. The maximum absolute atomic E-state index is 10.6. The lowest BCUT2D eigenvalue weighted by Gasteiger charge is -1.92. The van der Waals surface area contributed by atoms with Crippen LogP contribution in [0.2, 0.25) is 0 Å². The highest BCUT2D eigenvalue weighted by molar-refractivity contribution is 6.57. The van der Waals surface area contributed by atoms with E-state index in [0.717, 1.165) is 6.08 Å². The molecule has 0 aromatic heterocycles. The molecule has 1 unspecified atom stereocenters. The SMILES string of the molecule is CC(Cl)C(=O)C=C(Cl)Cl. The molecule has 0 fully saturated rings. The van der Waals surface area contributed by atoms with Crippen LogP contribution in [-0.4, -0.2) is 11.2 Å². The van der Waals surface area contributed by atoms with Crippen molar-refractivity contribution in [3.8, 4) is 0 Å². The number of hydrogen-bond acceptors (Lipinski definition) is 1. The van der Waals surface area contributed by atoms with E-state index in [1.54, 1.807) is 6.92 Å². The first kappa shape index (κ1) is 9.28. The lowest BCUT2D eigenvalue weighted by molar-refractivity contribution is -0.114. The summed E-state index contributed by atoms with van der Waals surface area (Å²) in [4.78, 5) is 10.6. The number of rotatable bonds is 2. The summed E-state index contributed by atoms with van der Waals surface area (Å²) in [5.74, 6) is -0.281. The number of carbonyl (C=O) groups is 1. The van der Waals surface area contributed by atoms with E-state index in [1.807, 2.05) is 0 Å². The molecule has 0 aliphatic carbocycles. The zero-order valence-electron chi connectivity index (χ0n) is 4.70. The number of ketones is 1. The molecule has 0 saturated carbocycles. The molecular formula is C5H5Cl3O. The van der Waals surface area contributed by atoms with Gasteiger partial charge in [-0.05, 0) is 6.92 Å². The Morgan fingerprint density at radius 2 is 2.00 bits per heavy atom. The van der Waals surface area contributed by atoms with E-state index in [1.165, 1.54) is 0 Å². The van der Waals surface area contributed by atoms with E-state index in [0.29, 0.717) is 0 Å². The molecule has 9 heavy (non-hydrogen) atoms. The molecule has 1 atom stereocenters. The molecule has 0 aliphatic rings.